The van der Waals surface area contributed by atoms with Crippen LogP contribution in [0.4, 0.5) is 5.69 Å². The van der Waals surface area contributed by atoms with Gasteiger partial charge in [0.25, 0.3) is 0 Å². The van der Waals surface area contributed by atoms with Gasteiger partial charge in [0.05, 0.1) is 17.1 Å². The lowest BCUT2D eigenvalue weighted by molar-refractivity contribution is -0.115. The molecule has 6 heteroatoms. The first-order valence-electron chi connectivity index (χ1n) is 6.68. The lowest BCUT2D eigenvalue weighted by atomic mass is 10.2. The number of nitrogens with two attached hydrogens (primary N) is 1. The minimum absolute atomic E-state index is 0.0694. The maximum Gasteiger partial charge on any atom is 0.232 e. The highest BCUT2D eigenvalue weighted by Crippen LogP contribution is 2.20. The molecule has 2 rings (SSSR count). The van der Waals surface area contributed by atoms with Crippen LogP contribution < -0.4 is 11.1 Å². The third kappa shape index (κ3) is 5.10. The fourth-order valence-corrected chi connectivity index (χ4v) is 1.90. The van der Waals surface area contributed by atoms with Crippen LogP contribution in [0.5, 0.6) is 0 Å². The first kappa shape index (κ1) is 15.9. The smallest absolute Gasteiger partial charge is 0.232 e. The first-order chi connectivity index (χ1) is 10.6. The molecule has 0 spiro atoms. The van der Waals surface area contributed by atoms with Gasteiger partial charge in [0.15, 0.2) is 0 Å². The van der Waals surface area contributed by atoms with Gasteiger partial charge in [0.1, 0.15) is 12.4 Å². The van der Waals surface area contributed by atoms with Crippen molar-refractivity contribution in [2.24, 2.45) is 10.9 Å². The normalized spacial score (nSPS) is 11.0. The maximum absolute atomic E-state index is 11.8. The number of carbonyl (C=O) groups excluding carboxylic acids is 1. The quantitative estimate of drug-likeness (QED) is 0.488. The number of amidine groups is 1. The predicted molar refractivity (Wildman–Crippen MR) is 87.6 cm³/mol. The van der Waals surface area contributed by atoms with Crippen molar-refractivity contribution in [1.29, 1.82) is 0 Å². The van der Waals surface area contributed by atoms with Crippen LogP contribution in [0.15, 0.2) is 59.8 Å². The number of para-hydroxylation sites is 1. The van der Waals surface area contributed by atoms with E-state index in [4.69, 9.17) is 22.2 Å². The summed E-state index contributed by atoms with van der Waals surface area (Å²) in [4.78, 5) is 16.9. The van der Waals surface area contributed by atoms with Crippen LogP contribution in [-0.4, -0.2) is 11.7 Å². The van der Waals surface area contributed by atoms with Crippen molar-refractivity contribution in [3.05, 3.63) is 65.2 Å². The van der Waals surface area contributed by atoms with Crippen LogP contribution >= 0.6 is 11.6 Å². The van der Waals surface area contributed by atoms with Crippen LogP contribution in [0.25, 0.3) is 0 Å². The largest absolute Gasteiger partial charge is 0.390 e. The van der Waals surface area contributed by atoms with Gasteiger partial charge in [0, 0.05) is 0 Å². The predicted octanol–water partition coefficient (Wildman–Crippen LogP) is 3.16. The zero-order chi connectivity index (χ0) is 15.8. The summed E-state index contributed by atoms with van der Waals surface area (Å²) < 4.78 is 0. The third-order valence-corrected chi connectivity index (χ3v) is 3.08. The summed E-state index contributed by atoms with van der Waals surface area (Å²) in [6.07, 6.45) is -0.0694. The molecule has 0 heterocycles. The Morgan fingerprint density at radius 2 is 1.82 bits per heavy atom. The molecule has 0 radical (unpaired) electrons. The molecule has 114 valence electrons. The maximum atomic E-state index is 11.8. The molecule has 0 aromatic heterocycles. The Bertz CT molecular complexity index is 659. The number of anilines is 1. The summed E-state index contributed by atoms with van der Waals surface area (Å²) in [5.74, 6) is -0.210. The number of rotatable bonds is 6. The Hall–Kier alpha value is -2.53. The van der Waals surface area contributed by atoms with Gasteiger partial charge in [-0.2, -0.15) is 0 Å². The number of hydrogen-bond acceptors (Lipinski definition) is 3. The monoisotopic (exact) mass is 317 g/mol. The minimum atomic E-state index is -0.308. The van der Waals surface area contributed by atoms with Gasteiger partial charge in [-0.25, -0.2) is 0 Å². The minimum Gasteiger partial charge on any atom is -0.390 e. The van der Waals surface area contributed by atoms with E-state index in [1.165, 1.54) is 0 Å². The number of oxime groups is 1. The van der Waals surface area contributed by atoms with Crippen molar-refractivity contribution in [3.8, 4) is 0 Å². The molecular formula is C16H16ClN3O2. The van der Waals surface area contributed by atoms with Gasteiger partial charge < -0.3 is 15.9 Å². The van der Waals surface area contributed by atoms with Crippen LogP contribution in [-0.2, 0) is 16.2 Å². The number of amides is 1. The summed E-state index contributed by atoms with van der Waals surface area (Å²) in [5, 5.41) is 6.85. The highest BCUT2D eigenvalue weighted by molar-refractivity contribution is 6.33. The molecule has 0 aliphatic carbocycles. The second-order valence-electron chi connectivity index (χ2n) is 4.55. The molecule has 0 unspecified atom stereocenters. The molecule has 0 aliphatic heterocycles. The summed E-state index contributed by atoms with van der Waals surface area (Å²) in [6.45, 7) is 0.299. The van der Waals surface area contributed by atoms with Gasteiger partial charge in [-0.1, -0.05) is 59.2 Å². The molecule has 0 saturated carbocycles. The zero-order valence-corrected chi connectivity index (χ0v) is 12.6. The van der Waals surface area contributed by atoms with Crippen molar-refractivity contribution in [1.82, 2.24) is 0 Å². The molecule has 2 aromatic rings. The fraction of sp³-hybridized carbons (Fsp3) is 0.125. The van der Waals surface area contributed by atoms with E-state index in [9.17, 15) is 4.79 Å². The number of nitrogens with zero attached hydrogens (tertiary/aromatic N) is 1. The van der Waals surface area contributed by atoms with E-state index in [2.05, 4.69) is 10.5 Å². The van der Waals surface area contributed by atoms with E-state index in [1.54, 1.807) is 24.3 Å². The Kier molecular flexibility index (Phi) is 5.80. The van der Waals surface area contributed by atoms with Crippen LogP contribution in [0.2, 0.25) is 5.02 Å². The van der Waals surface area contributed by atoms with Gasteiger partial charge in [-0.05, 0) is 17.7 Å². The van der Waals surface area contributed by atoms with Crippen molar-refractivity contribution >= 4 is 29.0 Å². The fourth-order valence-electron chi connectivity index (χ4n) is 1.72. The SMILES string of the molecule is NC(CC(=O)Nc1ccccc1Cl)=NOCc1ccccc1. The van der Waals surface area contributed by atoms with Gasteiger partial charge in [0.2, 0.25) is 5.91 Å². The molecular weight excluding hydrogens is 302 g/mol. The number of halogens is 1. The zero-order valence-electron chi connectivity index (χ0n) is 11.8. The van der Waals surface area contributed by atoms with Gasteiger partial charge in [-0.3, -0.25) is 4.79 Å². The summed E-state index contributed by atoms with van der Waals surface area (Å²) in [7, 11) is 0. The summed E-state index contributed by atoms with van der Waals surface area (Å²) >= 11 is 5.96. The Morgan fingerprint density at radius 3 is 2.55 bits per heavy atom. The average molecular weight is 318 g/mol. The van der Waals surface area contributed by atoms with E-state index >= 15 is 0 Å². The summed E-state index contributed by atoms with van der Waals surface area (Å²) in [6, 6.07) is 16.5. The van der Waals surface area contributed by atoms with Crippen molar-refractivity contribution < 1.29 is 9.63 Å². The van der Waals surface area contributed by atoms with Crippen molar-refractivity contribution in [2.75, 3.05) is 5.32 Å². The number of benzene rings is 2. The average Bonchev–Trinajstić information content (AvgIpc) is 2.50. The molecule has 0 aliphatic rings. The summed E-state index contributed by atoms with van der Waals surface area (Å²) in [5.41, 5.74) is 7.17. The molecule has 1 amide bonds. The molecule has 3 N–H and O–H groups in total. The molecule has 0 saturated heterocycles. The number of carbonyl (C=O) groups is 1. The molecule has 0 fully saturated rings. The van der Waals surface area contributed by atoms with Crippen molar-refractivity contribution in [3.63, 3.8) is 0 Å². The molecule has 22 heavy (non-hydrogen) atoms. The molecule has 2 aromatic carbocycles. The van der Waals surface area contributed by atoms with E-state index in [1.807, 2.05) is 30.3 Å². The van der Waals surface area contributed by atoms with E-state index < -0.39 is 0 Å². The third-order valence-electron chi connectivity index (χ3n) is 2.75. The van der Waals surface area contributed by atoms with Crippen LogP contribution in [0.3, 0.4) is 0 Å². The lowest BCUT2D eigenvalue weighted by Crippen LogP contribution is -2.22. The van der Waals surface area contributed by atoms with E-state index in [-0.39, 0.29) is 18.2 Å². The van der Waals surface area contributed by atoms with E-state index in [0.717, 1.165) is 5.56 Å². The second kappa shape index (κ2) is 8.05. The molecule has 5 nitrogen and oxygen atoms in total. The molecule has 0 bridgehead atoms. The highest BCUT2D eigenvalue weighted by Gasteiger charge is 2.07. The van der Waals surface area contributed by atoms with Crippen LogP contribution in [0.1, 0.15) is 12.0 Å². The topological polar surface area (TPSA) is 76.7 Å². The second-order valence-corrected chi connectivity index (χ2v) is 4.95. The van der Waals surface area contributed by atoms with Gasteiger partial charge >= 0.3 is 0 Å². The number of hydrogen-bond donors (Lipinski definition) is 2. The lowest BCUT2D eigenvalue weighted by Gasteiger charge is -2.06. The van der Waals surface area contributed by atoms with Gasteiger partial charge in [-0.15, -0.1) is 0 Å². The Balaban J connectivity index is 1.81. The standard InChI is InChI=1S/C16H16ClN3O2/c17-13-8-4-5-9-14(13)19-16(21)10-15(18)20-22-11-12-6-2-1-3-7-12/h1-9H,10-11H2,(H2,18,20)(H,19,21). The first-order valence-corrected chi connectivity index (χ1v) is 7.05. The number of nitrogens with one attached hydrogen (secondary N) is 1. The Labute approximate surface area is 133 Å². The van der Waals surface area contributed by atoms with Crippen LogP contribution in [0, 0.1) is 0 Å². The van der Waals surface area contributed by atoms with Crippen molar-refractivity contribution in [2.45, 2.75) is 13.0 Å². The van der Waals surface area contributed by atoms with E-state index in [0.29, 0.717) is 17.3 Å². The highest BCUT2D eigenvalue weighted by atomic mass is 35.5. The molecule has 0 atom stereocenters. The Morgan fingerprint density at radius 1 is 1.14 bits per heavy atom.